The molecule has 0 saturated heterocycles. The van der Waals surface area contributed by atoms with Crippen LogP contribution in [0.4, 0.5) is 0 Å². The Hall–Kier alpha value is 0.606. The van der Waals surface area contributed by atoms with Crippen LogP contribution in [-0.4, -0.2) is 14.9 Å². The summed E-state index contributed by atoms with van der Waals surface area (Å²) in [6, 6.07) is 5.05. The molecule has 7 heteroatoms. The summed E-state index contributed by atoms with van der Waals surface area (Å²) in [5.74, 6) is 0.0224. The Kier molecular flexibility index (Phi) is 5.73. The molecule has 5 nitrogen and oxygen atoms in total. The Balaban J connectivity index is 0. The Morgan fingerprint density at radius 3 is 2.08 bits per heavy atom. The first-order valence-corrected chi connectivity index (χ1v) is 4.54. The molecule has 0 fully saturated rings. The number of phenols is 1. The van der Waals surface area contributed by atoms with Crippen molar-refractivity contribution in [3.63, 3.8) is 0 Å². The molecule has 0 saturated carbocycles. The van der Waals surface area contributed by atoms with Crippen molar-refractivity contribution in [1.29, 1.82) is 0 Å². The summed E-state index contributed by atoms with van der Waals surface area (Å²) in [5, 5.41) is 8.81. The molecule has 0 atom stereocenters. The molecule has 0 amide bonds. The molecular weight excluding hydrogens is 222 g/mol. The van der Waals surface area contributed by atoms with Gasteiger partial charge in [0.05, 0.1) is 0 Å². The van der Waals surface area contributed by atoms with Crippen molar-refractivity contribution in [3.05, 3.63) is 24.3 Å². The first-order valence-electron chi connectivity index (χ1n) is 3.01. The molecule has 1 rings (SSSR count). The molecule has 1 aromatic carbocycles. The molecule has 0 unspecified atom stereocenters. The van der Waals surface area contributed by atoms with E-state index in [1.54, 1.807) is 0 Å². The maximum absolute atomic E-state index is 10.3. The van der Waals surface area contributed by atoms with Crippen LogP contribution >= 0.6 is 7.82 Å². The van der Waals surface area contributed by atoms with Crippen molar-refractivity contribution in [2.75, 3.05) is 0 Å². The molecule has 0 aliphatic carbocycles. The van der Waals surface area contributed by atoms with Gasteiger partial charge in [0.1, 0.15) is 11.5 Å². The van der Waals surface area contributed by atoms with Crippen molar-refractivity contribution in [3.8, 4) is 11.5 Å². The monoisotopic (exact) mass is 230 g/mol. The number of rotatable bonds is 2. The first kappa shape index (κ1) is 13.6. The van der Waals surface area contributed by atoms with Gasteiger partial charge in [-0.05, 0) is 24.3 Å². The molecule has 0 aromatic heterocycles. The largest absolute Gasteiger partial charge is 1.00 e. The smallest absolute Gasteiger partial charge is 1.00 e. The van der Waals surface area contributed by atoms with Gasteiger partial charge in [0.2, 0.25) is 0 Å². The van der Waals surface area contributed by atoms with Gasteiger partial charge in [-0.25, -0.2) is 4.57 Å². The molecule has 13 heavy (non-hydrogen) atoms. The average molecular weight is 230 g/mol. The van der Waals surface area contributed by atoms with Gasteiger partial charge in [-0.2, -0.15) is 0 Å². The van der Waals surface area contributed by atoms with Crippen LogP contribution in [0.2, 0.25) is 0 Å². The molecule has 3 N–H and O–H groups in total. The molecule has 68 valence electrons. The SMILES string of the molecule is O=P(O)(O)Oc1ccc(O)cc1.[H-].[K+]. The molecule has 1 aromatic rings. The van der Waals surface area contributed by atoms with Crippen LogP contribution in [0.5, 0.6) is 11.5 Å². The van der Waals surface area contributed by atoms with Gasteiger partial charge in [-0.3, -0.25) is 9.79 Å². The van der Waals surface area contributed by atoms with E-state index in [0.717, 1.165) is 0 Å². The van der Waals surface area contributed by atoms with E-state index in [1.807, 2.05) is 0 Å². The maximum Gasteiger partial charge on any atom is 1.00 e. The summed E-state index contributed by atoms with van der Waals surface area (Å²) in [5.41, 5.74) is 0. The van der Waals surface area contributed by atoms with E-state index in [1.165, 1.54) is 24.3 Å². The second kappa shape index (κ2) is 5.48. The van der Waals surface area contributed by atoms with Crippen LogP contribution in [-0.2, 0) is 4.57 Å². The van der Waals surface area contributed by atoms with Crippen LogP contribution in [0.3, 0.4) is 0 Å². The third-order valence-electron chi connectivity index (χ3n) is 1.06. The normalized spacial score (nSPS) is 10.3. The number of phenolic OH excluding ortho intramolecular Hbond substituents is 1. The number of phosphoric ester groups is 1. The zero-order chi connectivity index (χ0) is 9.19. The van der Waals surface area contributed by atoms with E-state index < -0.39 is 7.82 Å². The van der Waals surface area contributed by atoms with Crippen LogP contribution in [0.15, 0.2) is 24.3 Å². The van der Waals surface area contributed by atoms with Crippen LogP contribution in [0, 0.1) is 0 Å². The maximum atomic E-state index is 10.3. The van der Waals surface area contributed by atoms with E-state index in [9.17, 15) is 4.57 Å². The van der Waals surface area contributed by atoms with Crippen molar-refractivity contribution in [2.24, 2.45) is 0 Å². The fourth-order valence-electron chi connectivity index (χ4n) is 0.644. The van der Waals surface area contributed by atoms with Gasteiger partial charge in [0, 0.05) is 0 Å². The van der Waals surface area contributed by atoms with Crippen LogP contribution in [0.1, 0.15) is 1.43 Å². The van der Waals surface area contributed by atoms with Gasteiger partial charge in [-0.15, -0.1) is 0 Å². The summed E-state index contributed by atoms with van der Waals surface area (Å²) >= 11 is 0. The van der Waals surface area contributed by atoms with Crippen molar-refractivity contribution in [1.82, 2.24) is 0 Å². The summed E-state index contributed by atoms with van der Waals surface area (Å²) in [6.45, 7) is 0. The second-order valence-corrected chi connectivity index (χ2v) is 3.24. The molecule has 0 heterocycles. The summed E-state index contributed by atoms with van der Waals surface area (Å²) < 4.78 is 14.5. The zero-order valence-electron chi connectivity index (χ0n) is 7.91. The molecule has 0 spiro atoms. The summed E-state index contributed by atoms with van der Waals surface area (Å²) in [6.07, 6.45) is 0. The van der Waals surface area contributed by atoms with Gasteiger partial charge >= 0.3 is 59.2 Å². The zero-order valence-corrected chi connectivity index (χ0v) is 10.9. The van der Waals surface area contributed by atoms with Crippen molar-refractivity contribution >= 4 is 7.82 Å². The fourth-order valence-corrected chi connectivity index (χ4v) is 1.04. The standard InChI is InChI=1S/C6H7O5P.K.H/c7-5-1-3-6(4-2-5)11-12(8,9)10;;/h1-4,7H,(H2,8,9,10);;/q;+1;-1. The van der Waals surface area contributed by atoms with Crippen LogP contribution < -0.4 is 55.9 Å². The Labute approximate surface area is 119 Å². The van der Waals surface area contributed by atoms with E-state index >= 15 is 0 Å². The van der Waals surface area contributed by atoms with Gasteiger partial charge in [-0.1, -0.05) is 0 Å². The van der Waals surface area contributed by atoms with E-state index in [-0.39, 0.29) is 64.3 Å². The number of hydrogen-bond donors (Lipinski definition) is 3. The predicted octanol–water partition coefficient (Wildman–Crippen LogP) is -2.02. The summed E-state index contributed by atoms with van der Waals surface area (Å²) in [7, 11) is -4.48. The molecule has 0 bridgehead atoms. The number of benzene rings is 1. The predicted molar refractivity (Wildman–Crippen MR) is 41.9 cm³/mol. The van der Waals surface area contributed by atoms with E-state index in [4.69, 9.17) is 14.9 Å². The quantitative estimate of drug-likeness (QED) is 0.403. The Bertz CT molecular complexity index is 311. The minimum absolute atomic E-state index is 0. The average Bonchev–Trinajstić information content (AvgIpc) is 1.91. The Morgan fingerprint density at radius 2 is 1.69 bits per heavy atom. The third kappa shape index (κ3) is 5.82. The minimum atomic E-state index is -4.48. The summed E-state index contributed by atoms with van der Waals surface area (Å²) in [4.78, 5) is 16.7. The van der Waals surface area contributed by atoms with Gasteiger partial charge in [0.15, 0.2) is 0 Å². The number of phosphoric acid groups is 1. The second-order valence-electron chi connectivity index (χ2n) is 2.08. The topological polar surface area (TPSA) is 87.0 Å². The third-order valence-corrected chi connectivity index (χ3v) is 1.51. The number of aromatic hydroxyl groups is 1. The van der Waals surface area contributed by atoms with Crippen LogP contribution in [0.25, 0.3) is 0 Å². The molecule has 0 radical (unpaired) electrons. The molecule has 0 aliphatic heterocycles. The van der Waals surface area contributed by atoms with Gasteiger partial charge < -0.3 is 11.1 Å². The van der Waals surface area contributed by atoms with E-state index in [0.29, 0.717) is 0 Å². The van der Waals surface area contributed by atoms with Crippen molar-refractivity contribution < 1.29 is 76.8 Å². The number of hydrogen-bond acceptors (Lipinski definition) is 3. The fraction of sp³-hybridized carbons (Fsp3) is 0. The van der Waals surface area contributed by atoms with E-state index in [2.05, 4.69) is 4.52 Å². The minimum Gasteiger partial charge on any atom is -1.00 e. The first-order chi connectivity index (χ1) is 5.47. The van der Waals surface area contributed by atoms with Gasteiger partial charge in [0.25, 0.3) is 0 Å². The van der Waals surface area contributed by atoms with Crippen molar-refractivity contribution in [2.45, 2.75) is 0 Å². The molecule has 0 aliphatic rings. The Morgan fingerprint density at radius 1 is 1.23 bits per heavy atom. The molecular formula is C6H8KO5P.